The van der Waals surface area contributed by atoms with E-state index >= 15 is 0 Å². The van der Waals surface area contributed by atoms with E-state index in [-0.39, 0.29) is 17.5 Å². The molecule has 166 valence electrons. The fraction of sp³-hybridized carbons (Fsp3) is 0.381. The largest absolute Gasteiger partial charge is 0.383 e. The molecule has 1 amide bonds. The first-order valence-corrected chi connectivity index (χ1v) is 10.8. The Hall–Kier alpha value is -3.24. The molecule has 0 bridgehead atoms. The van der Waals surface area contributed by atoms with Gasteiger partial charge in [-0.1, -0.05) is 22.9 Å². The van der Waals surface area contributed by atoms with Crippen molar-refractivity contribution in [1.29, 1.82) is 0 Å². The molecule has 0 N–H and O–H groups in total. The van der Waals surface area contributed by atoms with Crippen LogP contribution in [0.3, 0.4) is 0 Å². The van der Waals surface area contributed by atoms with Crippen LogP contribution in [-0.4, -0.2) is 60.0 Å². The van der Waals surface area contributed by atoms with Crippen LogP contribution in [0.2, 0.25) is 5.02 Å². The van der Waals surface area contributed by atoms with E-state index in [1.807, 2.05) is 12.1 Å². The van der Waals surface area contributed by atoms with Crippen LogP contribution in [0.4, 0.5) is 0 Å². The average molecular weight is 456 g/mol. The van der Waals surface area contributed by atoms with E-state index in [4.69, 9.17) is 16.3 Å². The highest BCUT2D eigenvalue weighted by molar-refractivity contribution is 6.35. The molecule has 0 saturated carbocycles. The lowest BCUT2D eigenvalue weighted by Gasteiger charge is -2.20. The molecule has 5 rings (SSSR count). The third-order valence-electron chi connectivity index (χ3n) is 5.94. The number of amides is 1. The van der Waals surface area contributed by atoms with Crippen molar-refractivity contribution >= 4 is 34.1 Å². The summed E-state index contributed by atoms with van der Waals surface area (Å²) in [6, 6.07) is 5.35. The van der Waals surface area contributed by atoms with E-state index < -0.39 is 0 Å². The lowest BCUT2D eigenvalue weighted by atomic mass is 10.1. The number of methoxy groups -OCH3 is 1. The molecular formula is C21H22ClN7O3. The Labute approximate surface area is 188 Å². The number of aromatic nitrogens is 6. The zero-order chi connectivity index (χ0) is 22.4. The van der Waals surface area contributed by atoms with Crippen LogP contribution in [0, 0.1) is 0 Å². The minimum Gasteiger partial charge on any atom is -0.383 e. The summed E-state index contributed by atoms with van der Waals surface area (Å²) >= 11 is 6.46. The first kappa shape index (κ1) is 20.7. The van der Waals surface area contributed by atoms with Gasteiger partial charge >= 0.3 is 0 Å². The standard InChI is InChI=1S/C21H22ClN7O3/c1-13(30)26-8-4-7-16(26)15-11-29(25-24-15)20-19-21(31)27(9-10-32-2)18-14(22)5-3-6-17(18)28(19)12-23-20/h3,5-6,11-12,16H,4,7-10H2,1-2H3. The maximum absolute atomic E-state index is 13.5. The van der Waals surface area contributed by atoms with Gasteiger partial charge in [-0.05, 0) is 25.0 Å². The van der Waals surface area contributed by atoms with Crippen LogP contribution in [0.25, 0.3) is 22.4 Å². The predicted molar refractivity (Wildman–Crippen MR) is 118 cm³/mol. The van der Waals surface area contributed by atoms with Crippen molar-refractivity contribution in [3.63, 3.8) is 0 Å². The minimum atomic E-state index is -0.251. The second-order valence-corrected chi connectivity index (χ2v) is 8.21. The lowest BCUT2D eigenvalue weighted by molar-refractivity contribution is -0.129. The van der Waals surface area contributed by atoms with Crippen molar-refractivity contribution in [2.24, 2.45) is 0 Å². The van der Waals surface area contributed by atoms with E-state index in [2.05, 4.69) is 15.3 Å². The van der Waals surface area contributed by atoms with Crippen LogP contribution < -0.4 is 5.56 Å². The number of likely N-dealkylation sites (tertiary alicyclic amines) is 1. The van der Waals surface area contributed by atoms with Crippen molar-refractivity contribution in [2.45, 2.75) is 32.4 Å². The fourth-order valence-corrected chi connectivity index (χ4v) is 4.73. The first-order valence-electron chi connectivity index (χ1n) is 10.4. The molecular weight excluding hydrogens is 434 g/mol. The summed E-state index contributed by atoms with van der Waals surface area (Å²) in [5.74, 6) is 0.382. The predicted octanol–water partition coefficient (Wildman–Crippen LogP) is 2.21. The van der Waals surface area contributed by atoms with Crippen LogP contribution in [0.5, 0.6) is 0 Å². The number of hydrogen-bond acceptors (Lipinski definition) is 6. The molecule has 11 heteroatoms. The maximum atomic E-state index is 13.5. The Balaban J connectivity index is 1.68. The molecule has 1 atom stereocenters. The van der Waals surface area contributed by atoms with Crippen LogP contribution >= 0.6 is 11.6 Å². The van der Waals surface area contributed by atoms with E-state index in [1.165, 1.54) is 4.68 Å². The van der Waals surface area contributed by atoms with Crippen molar-refractivity contribution in [3.05, 3.63) is 51.8 Å². The van der Waals surface area contributed by atoms with Crippen LogP contribution in [0.15, 0.2) is 35.5 Å². The Kier molecular flexibility index (Phi) is 5.18. The van der Waals surface area contributed by atoms with Gasteiger partial charge in [0.25, 0.3) is 5.56 Å². The molecule has 4 heterocycles. The summed E-state index contributed by atoms with van der Waals surface area (Å²) in [4.78, 5) is 31.8. The van der Waals surface area contributed by atoms with E-state index in [1.54, 1.807) is 46.5 Å². The summed E-state index contributed by atoms with van der Waals surface area (Å²) in [6.07, 6.45) is 5.08. The monoisotopic (exact) mass is 455 g/mol. The summed E-state index contributed by atoms with van der Waals surface area (Å²) in [7, 11) is 1.59. The van der Waals surface area contributed by atoms with Gasteiger partial charge in [0.05, 0.1) is 34.9 Å². The fourth-order valence-electron chi connectivity index (χ4n) is 4.46. The van der Waals surface area contributed by atoms with Crippen molar-refractivity contribution in [1.82, 2.24) is 33.8 Å². The number of ether oxygens (including phenoxy) is 1. The van der Waals surface area contributed by atoms with Gasteiger partial charge in [-0.2, -0.15) is 4.68 Å². The van der Waals surface area contributed by atoms with Crippen LogP contribution in [0.1, 0.15) is 31.5 Å². The van der Waals surface area contributed by atoms with Crippen molar-refractivity contribution in [2.75, 3.05) is 20.3 Å². The molecule has 10 nitrogen and oxygen atoms in total. The van der Waals surface area contributed by atoms with Gasteiger partial charge in [0.2, 0.25) is 5.91 Å². The molecule has 1 saturated heterocycles. The number of carbonyl (C=O) groups excluding carboxylic acids is 1. The van der Waals surface area contributed by atoms with Gasteiger partial charge in [-0.15, -0.1) is 5.10 Å². The van der Waals surface area contributed by atoms with Gasteiger partial charge in [0, 0.05) is 27.1 Å². The number of carbonyl (C=O) groups is 1. The highest BCUT2D eigenvalue weighted by Crippen LogP contribution is 2.31. The number of para-hydroxylation sites is 1. The van der Waals surface area contributed by atoms with Gasteiger partial charge in [-0.3, -0.25) is 14.0 Å². The number of nitrogens with zero attached hydrogens (tertiary/aromatic N) is 7. The van der Waals surface area contributed by atoms with E-state index in [0.717, 1.165) is 18.4 Å². The Morgan fingerprint density at radius 1 is 1.31 bits per heavy atom. The topological polar surface area (TPSA) is 99.5 Å². The number of imidazole rings is 1. The molecule has 1 aromatic carbocycles. The number of hydrogen-bond donors (Lipinski definition) is 0. The number of fused-ring (bicyclic) bond motifs is 3. The third kappa shape index (κ3) is 3.18. The third-order valence-corrected chi connectivity index (χ3v) is 6.24. The van der Waals surface area contributed by atoms with Gasteiger partial charge in [0.1, 0.15) is 12.0 Å². The van der Waals surface area contributed by atoms with E-state index in [9.17, 15) is 9.59 Å². The average Bonchev–Trinajstić information content (AvgIpc) is 3.51. The molecule has 0 radical (unpaired) electrons. The summed E-state index contributed by atoms with van der Waals surface area (Å²) in [6.45, 7) is 2.96. The molecule has 0 spiro atoms. The Morgan fingerprint density at radius 3 is 2.94 bits per heavy atom. The van der Waals surface area contributed by atoms with Crippen molar-refractivity contribution in [3.8, 4) is 5.82 Å². The number of rotatable bonds is 5. The van der Waals surface area contributed by atoms with Gasteiger partial charge in [0.15, 0.2) is 11.3 Å². The molecule has 3 aromatic heterocycles. The van der Waals surface area contributed by atoms with Crippen LogP contribution in [-0.2, 0) is 16.1 Å². The molecule has 1 unspecified atom stereocenters. The zero-order valence-corrected chi connectivity index (χ0v) is 18.5. The van der Waals surface area contributed by atoms with E-state index in [0.29, 0.717) is 47.3 Å². The first-order chi connectivity index (χ1) is 15.5. The Bertz CT molecular complexity index is 1390. The van der Waals surface area contributed by atoms with Crippen molar-refractivity contribution < 1.29 is 9.53 Å². The Morgan fingerprint density at radius 2 is 2.16 bits per heavy atom. The highest BCUT2D eigenvalue weighted by Gasteiger charge is 2.30. The van der Waals surface area contributed by atoms with Gasteiger partial charge in [-0.25, -0.2) is 4.98 Å². The second kappa shape index (κ2) is 8.03. The quantitative estimate of drug-likeness (QED) is 0.457. The highest BCUT2D eigenvalue weighted by atomic mass is 35.5. The molecule has 4 aromatic rings. The molecule has 32 heavy (non-hydrogen) atoms. The molecule has 1 aliphatic rings. The summed E-state index contributed by atoms with van der Waals surface area (Å²) < 4.78 is 10.0. The zero-order valence-electron chi connectivity index (χ0n) is 17.7. The molecule has 0 aliphatic carbocycles. The normalized spacial score (nSPS) is 16.5. The molecule has 1 aliphatic heterocycles. The molecule has 1 fully saturated rings. The SMILES string of the molecule is COCCn1c(=O)c2c(-n3cc(C4CCCN4C(C)=O)nn3)ncn2c2cccc(Cl)c21. The maximum Gasteiger partial charge on any atom is 0.279 e. The number of benzene rings is 1. The summed E-state index contributed by atoms with van der Waals surface area (Å²) in [5, 5.41) is 9.00. The minimum absolute atomic E-state index is 0.0128. The lowest BCUT2D eigenvalue weighted by Crippen LogP contribution is -2.28. The second-order valence-electron chi connectivity index (χ2n) is 7.80. The number of halogens is 1. The van der Waals surface area contributed by atoms with Gasteiger partial charge < -0.3 is 14.2 Å². The summed E-state index contributed by atoms with van der Waals surface area (Å²) in [5.41, 5.74) is 2.17. The smallest absolute Gasteiger partial charge is 0.279 e.